The zero-order valence-electron chi connectivity index (χ0n) is 12.1. The zero-order valence-corrected chi connectivity index (χ0v) is 13.6. The predicted octanol–water partition coefficient (Wildman–Crippen LogP) is 4.16. The Kier molecular flexibility index (Phi) is 5.91. The summed E-state index contributed by atoms with van der Waals surface area (Å²) in [5, 5.41) is 14.0. The minimum atomic E-state index is -0.663. The summed E-state index contributed by atoms with van der Waals surface area (Å²) < 4.78 is 0. The van der Waals surface area contributed by atoms with Gasteiger partial charge in [-0.25, -0.2) is 0 Å². The van der Waals surface area contributed by atoms with Crippen molar-refractivity contribution < 1.29 is 9.90 Å². The van der Waals surface area contributed by atoms with Crippen LogP contribution in [0.5, 0.6) is 0 Å². The number of carboxylic acid groups (broad SMARTS) is 1. The Labute approximate surface area is 135 Å². The second kappa shape index (κ2) is 7.48. The molecule has 0 amide bonds. The molecule has 21 heavy (non-hydrogen) atoms. The fourth-order valence-electron chi connectivity index (χ4n) is 3.00. The number of hydrogen-bond acceptors (Lipinski definition) is 2. The highest BCUT2D eigenvalue weighted by Crippen LogP contribution is 2.27. The van der Waals surface area contributed by atoms with Crippen LogP contribution in [0.3, 0.4) is 0 Å². The number of hydrogen-bond donors (Lipinski definition) is 2. The fourth-order valence-corrected chi connectivity index (χ4v) is 3.55. The lowest BCUT2D eigenvalue weighted by Gasteiger charge is -2.29. The predicted molar refractivity (Wildman–Crippen MR) is 86.1 cm³/mol. The Morgan fingerprint density at radius 2 is 1.86 bits per heavy atom. The molecule has 0 radical (unpaired) electrons. The van der Waals surface area contributed by atoms with Crippen molar-refractivity contribution in [3.8, 4) is 0 Å². The van der Waals surface area contributed by atoms with E-state index in [0.717, 1.165) is 37.7 Å². The number of carboxylic acids is 1. The molecule has 0 bridgehead atoms. The van der Waals surface area contributed by atoms with Gasteiger partial charge in [-0.2, -0.15) is 0 Å². The minimum Gasteiger partial charge on any atom is -0.481 e. The molecule has 1 aromatic rings. The molecular weight excluding hydrogens is 309 g/mol. The quantitative estimate of drug-likeness (QED) is 0.852. The standard InChI is InChI=1S/C16H21Cl2NO2/c1-10(9-13-14(17)3-2-4-15(13)18)19-12-7-5-11(6-8-12)16(20)21/h2-4,10-12,19H,5-9H2,1H3,(H,20,21). The van der Waals surface area contributed by atoms with E-state index < -0.39 is 5.97 Å². The molecular formula is C16H21Cl2NO2. The third-order valence-electron chi connectivity index (χ3n) is 4.17. The zero-order chi connectivity index (χ0) is 15.4. The SMILES string of the molecule is CC(Cc1c(Cl)cccc1Cl)NC1CCC(C(=O)O)CC1. The van der Waals surface area contributed by atoms with Gasteiger partial charge in [-0.05, 0) is 56.7 Å². The van der Waals surface area contributed by atoms with Gasteiger partial charge in [0.25, 0.3) is 0 Å². The molecule has 2 rings (SSSR count). The van der Waals surface area contributed by atoms with Gasteiger partial charge in [-0.15, -0.1) is 0 Å². The molecule has 1 fully saturated rings. The van der Waals surface area contributed by atoms with E-state index in [1.807, 2.05) is 18.2 Å². The first-order chi connectivity index (χ1) is 9.97. The van der Waals surface area contributed by atoms with E-state index in [-0.39, 0.29) is 12.0 Å². The topological polar surface area (TPSA) is 49.3 Å². The largest absolute Gasteiger partial charge is 0.481 e. The van der Waals surface area contributed by atoms with E-state index in [1.165, 1.54) is 0 Å². The van der Waals surface area contributed by atoms with Crippen LogP contribution in [0.2, 0.25) is 10.0 Å². The molecule has 1 aliphatic carbocycles. The average Bonchev–Trinajstić information content (AvgIpc) is 2.43. The Balaban J connectivity index is 1.85. The van der Waals surface area contributed by atoms with Crippen LogP contribution >= 0.6 is 23.2 Å². The number of benzene rings is 1. The summed E-state index contributed by atoms with van der Waals surface area (Å²) in [6, 6.07) is 6.20. The monoisotopic (exact) mass is 329 g/mol. The lowest BCUT2D eigenvalue weighted by molar-refractivity contribution is -0.142. The molecule has 0 heterocycles. The highest BCUT2D eigenvalue weighted by Gasteiger charge is 2.26. The lowest BCUT2D eigenvalue weighted by Crippen LogP contribution is -2.41. The Hall–Kier alpha value is -0.770. The Morgan fingerprint density at radius 1 is 1.29 bits per heavy atom. The highest BCUT2D eigenvalue weighted by molar-refractivity contribution is 6.36. The van der Waals surface area contributed by atoms with Gasteiger partial charge in [0, 0.05) is 22.1 Å². The average molecular weight is 330 g/mol. The van der Waals surface area contributed by atoms with E-state index in [1.54, 1.807) is 0 Å². The van der Waals surface area contributed by atoms with E-state index >= 15 is 0 Å². The van der Waals surface area contributed by atoms with Crippen LogP contribution in [0, 0.1) is 5.92 Å². The summed E-state index contributed by atoms with van der Waals surface area (Å²) in [5.41, 5.74) is 0.972. The molecule has 5 heteroatoms. The summed E-state index contributed by atoms with van der Waals surface area (Å²) in [7, 11) is 0. The van der Waals surface area contributed by atoms with E-state index in [0.29, 0.717) is 16.1 Å². The van der Waals surface area contributed by atoms with Crippen molar-refractivity contribution in [3.63, 3.8) is 0 Å². The van der Waals surface area contributed by atoms with Crippen LogP contribution in [-0.4, -0.2) is 23.2 Å². The van der Waals surface area contributed by atoms with Crippen molar-refractivity contribution in [1.82, 2.24) is 5.32 Å². The first kappa shape index (κ1) is 16.6. The third-order valence-corrected chi connectivity index (χ3v) is 4.88. The van der Waals surface area contributed by atoms with Crippen LogP contribution < -0.4 is 5.32 Å². The summed E-state index contributed by atoms with van der Waals surface area (Å²) in [6.07, 6.45) is 4.12. The van der Waals surface area contributed by atoms with Gasteiger partial charge in [0.1, 0.15) is 0 Å². The van der Waals surface area contributed by atoms with Gasteiger partial charge < -0.3 is 10.4 Å². The van der Waals surface area contributed by atoms with E-state index in [9.17, 15) is 4.79 Å². The number of carbonyl (C=O) groups is 1. The molecule has 0 spiro atoms. The molecule has 0 saturated heterocycles. The molecule has 1 unspecified atom stereocenters. The highest BCUT2D eigenvalue weighted by atomic mass is 35.5. The fraction of sp³-hybridized carbons (Fsp3) is 0.562. The van der Waals surface area contributed by atoms with Crippen molar-refractivity contribution in [2.45, 2.75) is 51.1 Å². The summed E-state index contributed by atoms with van der Waals surface area (Å²) in [5.74, 6) is -0.833. The third kappa shape index (κ3) is 4.60. The van der Waals surface area contributed by atoms with Crippen LogP contribution in [0.4, 0.5) is 0 Å². The molecule has 1 aromatic carbocycles. The molecule has 0 aliphatic heterocycles. The van der Waals surface area contributed by atoms with E-state index in [2.05, 4.69) is 12.2 Å². The van der Waals surface area contributed by atoms with Gasteiger partial charge in [-0.3, -0.25) is 4.79 Å². The molecule has 1 aliphatic rings. The van der Waals surface area contributed by atoms with Crippen molar-refractivity contribution in [1.29, 1.82) is 0 Å². The molecule has 2 N–H and O–H groups in total. The Morgan fingerprint density at radius 3 is 2.38 bits per heavy atom. The second-order valence-electron chi connectivity index (χ2n) is 5.86. The molecule has 116 valence electrons. The maximum absolute atomic E-state index is 10.9. The first-order valence-electron chi connectivity index (χ1n) is 7.39. The minimum absolute atomic E-state index is 0.170. The van der Waals surface area contributed by atoms with Crippen molar-refractivity contribution in [2.24, 2.45) is 5.92 Å². The molecule has 1 saturated carbocycles. The maximum atomic E-state index is 10.9. The molecule has 0 aromatic heterocycles. The first-order valence-corrected chi connectivity index (χ1v) is 8.14. The number of halogens is 2. The molecule has 1 atom stereocenters. The van der Waals surface area contributed by atoms with Gasteiger partial charge >= 0.3 is 5.97 Å². The summed E-state index contributed by atoms with van der Waals surface area (Å²) in [4.78, 5) is 10.9. The van der Waals surface area contributed by atoms with Gasteiger partial charge in [0.05, 0.1) is 5.92 Å². The number of aliphatic carboxylic acids is 1. The van der Waals surface area contributed by atoms with E-state index in [4.69, 9.17) is 28.3 Å². The summed E-state index contributed by atoms with van der Waals surface area (Å²) in [6.45, 7) is 2.11. The summed E-state index contributed by atoms with van der Waals surface area (Å²) >= 11 is 12.4. The number of nitrogens with one attached hydrogen (secondary N) is 1. The number of rotatable bonds is 5. The Bertz CT molecular complexity index is 479. The lowest BCUT2D eigenvalue weighted by atomic mass is 9.85. The van der Waals surface area contributed by atoms with Gasteiger partial charge in [0.15, 0.2) is 0 Å². The smallest absolute Gasteiger partial charge is 0.306 e. The molecule has 3 nitrogen and oxygen atoms in total. The van der Waals surface area contributed by atoms with Gasteiger partial charge in [0.2, 0.25) is 0 Å². The van der Waals surface area contributed by atoms with Crippen molar-refractivity contribution in [2.75, 3.05) is 0 Å². The van der Waals surface area contributed by atoms with Crippen molar-refractivity contribution in [3.05, 3.63) is 33.8 Å². The van der Waals surface area contributed by atoms with Crippen LogP contribution in [0.1, 0.15) is 38.2 Å². The van der Waals surface area contributed by atoms with Crippen molar-refractivity contribution >= 4 is 29.2 Å². The second-order valence-corrected chi connectivity index (χ2v) is 6.67. The van der Waals surface area contributed by atoms with Crippen LogP contribution in [-0.2, 0) is 11.2 Å². The normalized spacial score (nSPS) is 23.8. The van der Waals surface area contributed by atoms with Gasteiger partial charge in [-0.1, -0.05) is 29.3 Å². The maximum Gasteiger partial charge on any atom is 0.306 e. The van der Waals surface area contributed by atoms with Crippen LogP contribution in [0.25, 0.3) is 0 Å². The van der Waals surface area contributed by atoms with Crippen LogP contribution in [0.15, 0.2) is 18.2 Å².